The molecule has 1 aromatic rings. The standard InChI is InChI=1S/C14H22BrN3/c1-17-8-4-9-18(12-11-17)10-7-16-14-6-3-2-5-13(14)15/h2-3,5-6,16H,4,7-12H2,1H3. The van der Waals surface area contributed by atoms with Crippen molar-refractivity contribution in [1.29, 1.82) is 0 Å². The van der Waals surface area contributed by atoms with Crippen LogP contribution in [0.1, 0.15) is 6.42 Å². The van der Waals surface area contributed by atoms with Gasteiger partial charge in [0.2, 0.25) is 0 Å². The summed E-state index contributed by atoms with van der Waals surface area (Å²) in [5.74, 6) is 0. The number of likely N-dealkylation sites (N-methyl/N-ethyl adjacent to an activating group) is 1. The van der Waals surface area contributed by atoms with E-state index in [-0.39, 0.29) is 0 Å². The highest BCUT2D eigenvalue weighted by atomic mass is 79.9. The molecule has 0 atom stereocenters. The third-order valence-electron chi connectivity index (χ3n) is 3.43. The minimum atomic E-state index is 1.01. The number of para-hydroxylation sites is 1. The molecule has 1 aliphatic rings. The summed E-state index contributed by atoms with van der Waals surface area (Å²) < 4.78 is 1.14. The van der Waals surface area contributed by atoms with Crippen molar-refractivity contribution in [3.8, 4) is 0 Å². The average Bonchev–Trinajstić information content (AvgIpc) is 2.57. The third kappa shape index (κ3) is 4.26. The molecule has 4 heteroatoms. The lowest BCUT2D eigenvalue weighted by Gasteiger charge is -2.20. The van der Waals surface area contributed by atoms with Gasteiger partial charge in [0.1, 0.15) is 0 Å². The van der Waals surface area contributed by atoms with Crippen molar-refractivity contribution in [2.75, 3.05) is 51.6 Å². The molecule has 1 heterocycles. The van der Waals surface area contributed by atoms with Crippen LogP contribution < -0.4 is 5.32 Å². The molecule has 0 spiro atoms. The summed E-state index contributed by atoms with van der Waals surface area (Å²) in [6.45, 7) is 6.96. The van der Waals surface area contributed by atoms with Crippen LogP contribution >= 0.6 is 15.9 Å². The number of halogens is 1. The highest BCUT2D eigenvalue weighted by Gasteiger charge is 2.11. The lowest BCUT2D eigenvalue weighted by molar-refractivity contribution is 0.285. The van der Waals surface area contributed by atoms with Gasteiger partial charge in [-0.05, 0) is 54.6 Å². The van der Waals surface area contributed by atoms with Gasteiger partial charge in [-0.3, -0.25) is 0 Å². The lowest BCUT2D eigenvalue weighted by atomic mass is 10.3. The fourth-order valence-corrected chi connectivity index (χ4v) is 2.70. The molecule has 1 aromatic carbocycles. The number of anilines is 1. The summed E-state index contributed by atoms with van der Waals surface area (Å²) in [7, 11) is 2.21. The van der Waals surface area contributed by atoms with Crippen molar-refractivity contribution >= 4 is 21.6 Å². The summed E-state index contributed by atoms with van der Waals surface area (Å²) in [5.41, 5.74) is 1.18. The second-order valence-electron chi connectivity index (χ2n) is 4.91. The smallest absolute Gasteiger partial charge is 0.0485 e. The molecule has 0 aromatic heterocycles. The predicted octanol–water partition coefficient (Wildman–Crippen LogP) is 2.50. The molecule has 1 N–H and O–H groups in total. The maximum absolute atomic E-state index is 3.56. The lowest BCUT2D eigenvalue weighted by Crippen LogP contribution is -2.32. The Kier molecular flexibility index (Phi) is 5.47. The quantitative estimate of drug-likeness (QED) is 0.921. The minimum absolute atomic E-state index is 1.01. The summed E-state index contributed by atoms with van der Waals surface area (Å²) in [6.07, 6.45) is 1.28. The number of hydrogen-bond acceptors (Lipinski definition) is 3. The number of benzene rings is 1. The van der Waals surface area contributed by atoms with Crippen LogP contribution in [0.25, 0.3) is 0 Å². The summed E-state index contributed by atoms with van der Waals surface area (Å²) in [6, 6.07) is 8.29. The summed E-state index contributed by atoms with van der Waals surface area (Å²) in [5, 5.41) is 3.49. The molecule has 0 unspecified atom stereocenters. The first kappa shape index (κ1) is 13.8. The van der Waals surface area contributed by atoms with E-state index in [9.17, 15) is 0 Å². The van der Waals surface area contributed by atoms with Gasteiger partial charge in [-0.2, -0.15) is 0 Å². The molecule has 0 amide bonds. The molecular formula is C14H22BrN3. The second kappa shape index (κ2) is 7.12. The van der Waals surface area contributed by atoms with E-state index in [0.29, 0.717) is 0 Å². The van der Waals surface area contributed by atoms with E-state index in [1.165, 1.54) is 38.3 Å². The topological polar surface area (TPSA) is 18.5 Å². The van der Waals surface area contributed by atoms with E-state index >= 15 is 0 Å². The number of rotatable bonds is 4. The highest BCUT2D eigenvalue weighted by molar-refractivity contribution is 9.10. The van der Waals surface area contributed by atoms with E-state index in [1.54, 1.807) is 0 Å². The van der Waals surface area contributed by atoms with Gasteiger partial charge in [0.25, 0.3) is 0 Å². The highest BCUT2D eigenvalue weighted by Crippen LogP contribution is 2.20. The Bertz CT molecular complexity index is 370. The third-order valence-corrected chi connectivity index (χ3v) is 4.12. The Morgan fingerprint density at radius 1 is 1.17 bits per heavy atom. The Labute approximate surface area is 118 Å². The number of hydrogen-bond donors (Lipinski definition) is 1. The molecule has 1 fully saturated rings. The maximum atomic E-state index is 3.56. The SMILES string of the molecule is CN1CCCN(CCNc2ccccc2Br)CC1. The Hall–Kier alpha value is -0.580. The van der Waals surface area contributed by atoms with E-state index in [1.807, 2.05) is 6.07 Å². The van der Waals surface area contributed by atoms with Crippen LogP contribution in [0, 0.1) is 0 Å². The first-order valence-corrected chi connectivity index (χ1v) is 7.44. The summed E-state index contributed by atoms with van der Waals surface area (Å²) >= 11 is 3.56. The van der Waals surface area contributed by atoms with Crippen LogP contribution in [0.5, 0.6) is 0 Å². The van der Waals surface area contributed by atoms with Crippen LogP contribution in [0.3, 0.4) is 0 Å². The van der Waals surface area contributed by atoms with Crippen molar-refractivity contribution < 1.29 is 0 Å². The van der Waals surface area contributed by atoms with Gasteiger partial charge in [-0.1, -0.05) is 12.1 Å². The molecule has 1 aliphatic heterocycles. The van der Waals surface area contributed by atoms with E-state index < -0.39 is 0 Å². The normalized spacial score (nSPS) is 18.6. The van der Waals surface area contributed by atoms with Crippen molar-refractivity contribution in [3.63, 3.8) is 0 Å². The zero-order chi connectivity index (χ0) is 12.8. The van der Waals surface area contributed by atoms with E-state index in [4.69, 9.17) is 0 Å². The van der Waals surface area contributed by atoms with Crippen LogP contribution in [0.2, 0.25) is 0 Å². The largest absolute Gasteiger partial charge is 0.383 e. The first-order chi connectivity index (χ1) is 8.75. The molecule has 0 saturated carbocycles. The van der Waals surface area contributed by atoms with E-state index in [2.05, 4.69) is 56.3 Å². The molecule has 0 radical (unpaired) electrons. The van der Waals surface area contributed by atoms with Gasteiger partial charge in [-0.15, -0.1) is 0 Å². The van der Waals surface area contributed by atoms with Crippen molar-refractivity contribution in [2.24, 2.45) is 0 Å². The zero-order valence-corrected chi connectivity index (χ0v) is 12.6. The molecular weight excluding hydrogens is 290 g/mol. The Balaban J connectivity index is 1.73. The van der Waals surface area contributed by atoms with E-state index in [0.717, 1.165) is 17.6 Å². The second-order valence-corrected chi connectivity index (χ2v) is 5.76. The van der Waals surface area contributed by atoms with Crippen molar-refractivity contribution in [2.45, 2.75) is 6.42 Å². The molecule has 18 heavy (non-hydrogen) atoms. The maximum Gasteiger partial charge on any atom is 0.0485 e. The molecule has 100 valence electrons. The van der Waals surface area contributed by atoms with Gasteiger partial charge in [0, 0.05) is 36.3 Å². The zero-order valence-electron chi connectivity index (χ0n) is 11.0. The van der Waals surface area contributed by atoms with Crippen LogP contribution in [0.4, 0.5) is 5.69 Å². The molecule has 3 nitrogen and oxygen atoms in total. The van der Waals surface area contributed by atoms with Gasteiger partial charge in [0.05, 0.1) is 0 Å². The Morgan fingerprint density at radius 2 is 2.00 bits per heavy atom. The molecule has 0 bridgehead atoms. The minimum Gasteiger partial charge on any atom is -0.383 e. The van der Waals surface area contributed by atoms with Gasteiger partial charge < -0.3 is 15.1 Å². The van der Waals surface area contributed by atoms with Crippen LogP contribution in [0.15, 0.2) is 28.7 Å². The molecule has 2 rings (SSSR count). The number of nitrogens with one attached hydrogen (secondary N) is 1. The van der Waals surface area contributed by atoms with Crippen molar-refractivity contribution in [1.82, 2.24) is 9.80 Å². The van der Waals surface area contributed by atoms with Crippen molar-refractivity contribution in [3.05, 3.63) is 28.7 Å². The van der Waals surface area contributed by atoms with Crippen LogP contribution in [-0.4, -0.2) is 56.1 Å². The average molecular weight is 312 g/mol. The fourth-order valence-electron chi connectivity index (χ4n) is 2.28. The van der Waals surface area contributed by atoms with Crippen LogP contribution in [-0.2, 0) is 0 Å². The van der Waals surface area contributed by atoms with Gasteiger partial charge >= 0.3 is 0 Å². The monoisotopic (exact) mass is 311 g/mol. The van der Waals surface area contributed by atoms with Gasteiger partial charge in [-0.25, -0.2) is 0 Å². The first-order valence-electron chi connectivity index (χ1n) is 6.65. The molecule has 0 aliphatic carbocycles. The molecule has 1 saturated heterocycles. The fraction of sp³-hybridized carbons (Fsp3) is 0.571. The number of nitrogens with zero attached hydrogens (tertiary/aromatic N) is 2. The summed E-state index contributed by atoms with van der Waals surface area (Å²) in [4.78, 5) is 4.97. The van der Waals surface area contributed by atoms with Gasteiger partial charge in [0.15, 0.2) is 0 Å². The Morgan fingerprint density at radius 3 is 2.83 bits per heavy atom. The predicted molar refractivity (Wildman–Crippen MR) is 81.2 cm³/mol.